The highest BCUT2D eigenvalue weighted by molar-refractivity contribution is 6.04. The Balaban J connectivity index is 1.53. The fourth-order valence-corrected chi connectivity index (χ4v) is 7.37. The number of aryl methyl sites for hydroxylation is 3. The van der Waals surface area contributed by atoms with Crippen molar-refractivity contribution in [2.75, 3.05) is 9.80 Å². The quantitative estimate of drug-likeness (QED) is 0.200. The molecular weight excluding hydrogens is 560 g/mol. The smallest absolute Gasteiger partial charge is 0.136 e. The predicted molar refractivity (Wildman–Crippen MR) is 195 cm³/mol. The van der Waals surface area contributed by atoms with Crippen LogP contribution in [0.5, 0.6) is 0 Å². The minimum atomic E-state index is -0.224. The summed E-state index contributed by atoms with van der Waals surface area (Å²) < 4.78 is 6.52. The first kappa shape index (κ1) is 29.9. The standard InChI is InChI=1S/C43H44N2O/c1-27-25-37(44(35-18-12-10-15-28(35)2)32-23-21-31(22-24-32)42(5,6)7)29(3)38(26-27)45-36-19-13-11-16-33(36)43(8,9)34-17-14-20-39-40(34)41(45)30(4)46-39/h10-26H,1-9H3. The van der Waals surface area contributed by atoms with Crippen molar-refractivity contribution in [2.24, 2.45) is 0 Å². The maximum Gasteiger partial charge on any atom is 0.136 e. The van der Waals surface area contributed by atoms with E-state index in [0.717, 1.165) is 28.4 Å². The Bertz CT molecular complexity index is 2110. The lowest BCUT2D eigenvalue weighted by molar-refractivity contribution is 0.577. The summed E-state index contributed by atoms with van der Waals surface area (Å²) in [4.78, 5) is 4.91. The van der Waals surface area contributed by atoms with Crippen molar-refractivity contribution in [3.05, 3.63) is 142 Å². The minimum absolute atomic E-state index is 0.0798. The molecule has 0 radical (unpaired) electrons. The SMILES string of the molecule is Cc1cc(N(c2ccc(C(C)(C)C)cc2)c2ccccc2C)c(C)c(N2c3ccccc3C(C)(C)c3cccc4oc(C)c2c34)c1. The average molecular weight is 605 g/mol. The second-order valence-electron chi connectivity index (χ2n) is 14.5. The van der Waals surface area contributed by atoms with Crippen molar-refractivity contribution in [1.29, 1.82) is 0 Å². The summed E-state index contributed by atoms with van der Waals surface area (Å²) in [7, 11) is 0. The number of para-hydroxylation sites is 2. The Morgan fingerprint density at radius 1 is 0.674 bits per heavy atom. The van der Waals surface area contributed by atoms with Crippen molar-refractivity contribution < 1.29 is 4.42 Å². The zero-order valence-electron chi connectivity index (χ0n) is 28.6. The Morgan fingerprint density at radius 2 is 1.35 bits per heavy atom. The third-order valence-corrected chi connectivity index (χ3v) is 9.90. The molecule has 6 aromatic rings. The van der Waals surface area contributed by atoms with Crippen molar-refractivity contribution in [1.82, 2.24) is 0 Å². The van der Waals surface area contributed by atoms with E-state index in [4.69, 9.17) is 4.42 Å². The van der Waals surface area contributed by atoms with Gasteiger partial charge in [0.05, 0.1) is 22.7 Å². The van der Waals surface area contributed by atoms with Gasteiger partial charge in [-0.1, -0.05) is 95.3 Å². The van der Waals surface area contributed by atoms with Crippen LogP contribution in [0.25, 0.3) is 11.0 Å². The fourth-order valence-electron chi connectivity index (χ4n) is 7.37. The normalized spacial score (nSPS) is 13.9. The van der Waals surface area contributed by atoms with Crippen LogP contribution in [0.15, 0.2) is 108 Å². The molecule has 3 nitrogen and oxygen atoms in total. The second kappa shape index (κ2) is 10.7. The van der Waals surface area contributed by atoms with Crippen molar-refractivity contribution in [3.8, 4) is 0 Å². The molecule has 0 N–H and O–H groups in total. The van der Waals surface area contributed by atoms with Crippen LogP contribution in [-0.2, 0) is 10.8 Å². The van der Waals surface area contributed by atoms with Crippen molar-refractivity contribution in [3.63, 3.8) is 0 Å². The highest BCUT2D eigenvalue weighted by Crippen LogP contribution is 2.55. The van der Waals surface area contributed by atoms with Gasteiger partial charge in [-0.3, -0.25) is 0 Å². The Kier molecular flexibility index (Phi) is 6.93. The van der Waals surface area contributed by atoms with Crippen molar-refractivity contribution >= 4 is 45.1 Å². The number of anilines is 6. The van der Waals surface area contributed by atoms with Crippen LogP contribution >= 0.6 is 0 Å². The molecule has 232 valence electrons. The molecule has 46 heavy (non-hydrogen) atoms. The number of hydrogen-bond acceptors (Lipinski definition) is 3. The number of nitrogens with zero attached hydrogens (tertiary/aromatic N) is 2. The summed E-state index contributed by atoms with van der Waals surface area (Å²) in [6.45, 7) is 20.3. The molecule has 0 atom stereocenters. The van der Waals surface area contributed by atoms with E-state index < -0.39 is 0 Å². The highest BCUT2D eigenvalue weighted by atomic mass is 16.3. The zero-order valence-corrected chi connectivity index (χ0v) is 28.6. The van der Waals surface area contributed by atoms with Crippen LogP contribution in [0, 0.1) is 27.7 Å². The molecule has 0 saturated carbocycles. The van der Waals surface area contributed by atoms with E-state index in [1.165, 1.54) is 55.8 Å². The summed E-state index contributed by atoms with van der Waals surface area (Å²) >= 11 is 0. The van der Waals surface area contributed by atoms with Gasteiger partial charge in [0.2, 0.25) is 0 Å². The summed E-state index contributed by atoms with van der Waals surface area (Å²) in [5.74, 6) is 0.922. The van der Waals surface area contributed by atoms with Crippen LogP contribution in [0.2, 0.25) is 0 Å². The monoisotopic (exact) mass is 604 g/mol. The molecule has 0 bridgehead atoms. The van der Waals surface area contributed by atoms with Gasteiger partial charge in [0, 0.05) is 22.2 Å². The molecule has 1 aromatic heterocycles. The van der Waals surface area contributed by atoms with Gasteiger partial charge in [0.1, 0.15) is 11.3 Å². The maximum atomic E-state index is 6.52. The summed E-state index contributed by atoms with van der Waals surface area (Å²) in [5.41, 5.74) is 15.3. The van der Waals surface area contributed by atoms with Gasteiger partial charge in [-0.2, -0.15) is 0 Å². The van der Waals surface area contributed by atoms with Gasteiger partial charge < -0.3 is 14.2 Å². The Labute approximate surface area is 274 Å². The lowest BCUT2D eigenvalue weighted by Gasteiger charge is -2.34. The van der Waals surface area contributed by atoms with Crippen LogP contribution in [0.4, 0.5) is 34.1 Å². The Hall–Kier alpha value is -4.76. The number of furan rings is 1. The van der Waals surface area contributed by atoms with E-state index in [1.807, 2.05) is 0 Å². The first-order valence-corrected chi connectivity index (χ1v) is 16.4. The molecule has 0 unspecified atom stereocenters. The summed E-state index contributed by atoms with van der Waals surface area (Å²) in [6.07, 6.45) is 0. The predicted octanol–water partition coefficient (Wildman–Crippen LogP) is 12.5. The van der Waals surface area contributed by atoms with Gasteiger partial charge in [0.15, 0.2) is 0 Å². The topological polar surface area (TPSA) is 19.6 Å². The number of hydrogen-bond donors (Lipinski definition) is 0. The number of benzene rings is 5. The number of rotatable bonds is 4. The fraction of sp³-hybridized carbons (Fsp3) is 0.256. The summed E-state index contributed by atoms with van der Waals surface area (Å²) in [6, 6.07) is 37.9. The number of fused-ring (bicyclic) bond motifs is 1. The molecule has 5 aromatic carbocycles. The molecule has 3 heteroatoms. The maximum absolute atomic E-state index is 6.52. The van der Waals surface area contributed by atoms with E-state index in [1.54, 1.807) is 0 Å². The molecule has 0 spiro atoms. The van der Waals surface area contributed by atoms with E-state index in [-0.39, 0.29) is 10.8 Å². The third kappa shape index (κ3) is 4.64. The first-order valence-electron chi connectivity index (χ1n) is 16.4. The highest BCUT2D eigenvalue weighted by Gasteiger charge is 2.38. The van der Waals surface area contributed by atoms with Crippen molar-refractivity contribution in [2.45, 2.75) is 73.1 Å². The second-order valence-corrected chi connectivity index (χ2v) is 14.5. The molecule has 7 rings (SSSR count). The minimum Gasteiger partial charge on any atom is -0.459 e. The average Bonchev–Trinajstić information content (AvgIpc) is 3.31. The van der Waals surface area contributed by atoms with E-state index in [2.05, 4.69) is 175 Å². The van der Waals surface area contributed by atoms with Crippen LogP contribution in [0.3, 0.4) is 0 Å². The first-order chi connectivity index (χ1) is 21.9. The lowest BCUT2D eigenvalue weighted by atomic mass is 9.76. The van der Waals surface area contributed by atoms with Gasteiger partial charge in [-0.15, -0.1) is 0 Å². The van der Waals surface area contributed by atoms with Gasteiger partial charge >= 0.3 is 0 Å². The van der Waals surface area contributed by atoms with Gasteiger partial charge in [-0.05, 0) is 109 Å². The van der Waals surface area contributed by atoms with E-state index in [9.17, 15) is 0 Å². The largest absolute Gasteiger partial charge is 0.459 e. The van der Waals surface area contributed by atoms with E-state index in [0.29, 0.717) is 0 Å². The molecule has 0 aliphatic carbocycles. The van der Waals surface area contributed by atoms with Gasteiger partial charge in [0.25, 0.3) is 0 Å². The van der Waals surface area contributed by atoms with Crippen LogP contribution < -0.4 is 9.80 Å². The van der Waals surface area contributed by atoms with Gasteiger partial charge in [-0.25, -0.2) is 0 Å². The molecule has 1 aliphatic heterocycles. The molecule has 0 saturated heterocycles. The molecule has 2 heterocycles. The zero-order chi connectivity index (χ0) is 32.5. The molecule has 0 amide bonds. The van der Waals surface area contributed by atoms with Crippen LogP contribution in [-0.4, -0.2) is 0 Å². The van der Waals surface area contributed by atoms with Crippen LogP contribution in [0.1, 0.15) is 73.8 Å². The molecule has 0 fully saturated rings. The molecular formula is C43H44N2O. The van der Waals surface area contributed by atoms with E-state index >= 15 is 0 Å². The third-order valence-electron chi connectivity index (χ3n) is 9.90. The molecule has 1 aliphatic rings. The summed E-state index contributed by atoms with van der Waals surface area (Å²) in [5, 5.41) is 1.19. The Morgan fingerprint density at radius 3 is 2.07 bits per heavy atom. The lowest BCUT2D eigenvalue weighted by Crippen LogP contribution is -2.21.